The summed E-state index contributed by atoms with van der Waals surface area (Å²) in [7, 11) is -1.77. The lowest BCUT2D eigenvalue weighted by Crippen LogP contribution is -2.29. The SMILES string of the molecule is C[C@@H](c1ccccc1)N(C)S(=O)(=O)c1cccs1. The van der Waals surface area contributed by atoms with Crippen molar-refractivity contribution in [1.82, 2.24) is 4.31 Å². The highest BCUT2D eigenvalue weighted by Gasteiger charge is 2.26. The summed E-state index contributed by atoms with van der Waals surface area (Å²) in [5, 5.41) is 1.77. The van der Waals surface area contributed by atoms with Crippen LogP contribution in [0.4, 0.5) is 0 Å². The molecule has 1 heterocycles. The van der Waals surface area contributed by atoms with Crippen LogP contribution in [0.25, 0.3) is 0 Å². The third kappa shape index (κ3) is 2.48. The van der Waals surface area contributed by atoms with Crippen LogP contribution in [0.3, 0.4) is 0 Å². The van der Waals surface area contributed by atoms with Crippen molar-refractivity contribution in [1.29, 1.82) is 0 Å². The summed E-state index contributed by atoms with van der Waals surface area (Å²) in [6.45, 7) is 1.89. The van der Waals surface area contributed by atoms with Gasteiger partial charge in [0.05, 0.1) is 0 Å². The third-order valence-corrected chi connectivity index (χ3v) is 6.26. The summed E-state index contributed by atoms with van der Waals surface area (Å²) in [6, 6.07) is 12.8. The van der Waals surface area contributed by atoms with E-state index in [4.69, 9.17) is 0 Å². The van der Waals surface area contributed by atoms with Gasteiger partial charge in [-0.05, 0) is 23.9 Å². The molecule has 2 aromatic rings. The summed E-state index contributed by atoms with van der Waals surface area (Å²) < 4.78 is 26.5. The van der Waals surface area contributed by atoms with E-state index in [0.717, 1.165) is 5.56 Å². The Balaban J connectivity index is 2.30. The summed E-state index contributed by atoms with van der Waals surface area (Å²) in [6.07, 6.45) is 0. The normalized spacial score (nSPS) is 13.7. The Bertz CT molecular complexity index is 591. The topological polar surface area (TPSA) is 37.4 Å². The number of rotatable bonds is 4. The number of hydrogen-bond acceptors (Lipinski definition) is 3. The number of sulfonamides is 1. The number of thiophene rings is 1. The van der Waals surface area contributed by atoms with E-state index < -0.39 is 10.0 Å². The van der Waals surface area contributed by atoms with Gasteiger partial charge in [0, 0.05) is 13.1 Å². The van der Waals surface area contributed by atoms with Crippen LogP contribution in [-0.2, 0) is 10.0 Å². The fraction of sp³-hybridized carbons (Fsp3) is 0.231. The van der Waals surface area contributed by atoms with Crippen molar-refractivity contribution in [2.24, 2.45) is 0 Å². The van der Waals surface area contributed by atoms with Crippen molar-refractivity contribution < 1.29 is 8.42 Å². The lowest BCUT2D eigenvalue weighted by molar-refractivity contribution is 0.399. The maximum Gasteiger partial charge on any atom is 0.252 e. The minimum Gasteiger partial charge on any atom is -0.206 e. The second-order valence-electron chi connectivity index (χ2n) is 4.04. The van der Waals surface area contributed by atoms with Gasteiger partial charge in [0.25, 0.3) is 10.0 Å². The minimum absolute atomic E-state index is 0.182. The van der Waals surface area contributed by atoms with Gasteiger partial charge >= 0.3 is 0 Å². The molecule has 3 nitrogen and oxygen atoms in total. The Morgan fingerprint density at radius 3 is 2.33 bits per heavy atom. The van der Waals surface area contributed by atoms with Gasteiger partial charge < -0.3 is 0 Å². The van der Waals surface area contributed by atoms with Crippen molar-refractivity contribution in [2.45, 2.75) is 17.2 Å². The highest BCUT2D eigenvalue weighted by atomic mass is 32.2. The van der Waals surface area contributed by atoms with Crippen LogP contribution < -0.4 is 0 Å². The average Bonchev–Trinajstić information content (AvgIpc) is 2.92. The number of hydrogen-bond donors (Lipinski definition) is 0. The van der Waals surface area contributed by atoms with Gasteiger partial charge in [0.15, 0.2) is 0 Å². The molecular formula is C13H15NO2S2. The van der Waals surface area contributed by atoms with Gasteiger partial charge in [0.1, 0.15) is 4.21 Å². The molecule has 0 amide bonds. The third-order valence-electron chi connectivity index (χ3n) is 2.96. The fourth-order valence-corrected chi connectivity index (χ4v) is 4.23. The quantitative estimate of drug-likeness (QED) is 0.863. The molecule has 0 aliphatic carbocycles. The van der Waals surface area contributed by atoms with Gasteiger partial charge in [-0.3, -0.25) is 0 Å². The summed E-state index contributed by atoms with van der Waals surface area (Å²) in [5.74, 6) is 0. The van der Waals surface area contributed by atoms with E-state index in [9.17, 15) is 8.42 Å². The van der Waals surface area contributed by atoms with Crippen LogP contribution in [0.2, 0.25) is 0 Å². The van der Waals surface area contributed by atoms with E-state index in [0.29, 0.717) is 4.21 Å². The fourth-order valence-electron chi connectivity index (χ4n) is 1.70. The first-order valence-corrected chi connectivity index (χ1v) is 7.92. The van der Waals surface area contributed by atoms with E-state index in [-0.39, 0.29) is 6.04 Å². The molecular weight excluding hydrogens is 266 g/mol. The highest BCUT2D eigenvalue weighted by Crippen LogP contribution is 2.27. The molecule has 0 unspecified atom stereocenters. The zero-order chi connectivity index (χ0) is 13.2. The molecule has 1 aromatic carbocycles. The lowest BCUT2D eigenvalue weighted by atomic mass is 10.1. The van der Waals surface area contributed by atoms with Crippen LogP contribution >= 0.6 is 11.3 Å². The number of benzene rings is 1. The van der Waals surface area contributed by atoms with E-state index >= 15 is 0 Å². The van der Waals surface area contributed by atoms with Crippen molar-refractivity contribution in [2.75, 3.05) is 7.05 Å². The molecule has 0 radical (unpaired) electrons. The maximum absolute atomic E-state index is 12.3. The van der Waals surface area contributed by atoms with Crippen molar-refractivity contribution >= 4 is 21.4 Å². The maximum atomic E-state index is 12.3. The van der Waals surface area contributed by atoms with Crippen LogP contribution in [-0.4, -0.2) is 19.8 Å². The van der Waals surface area contributed by atoms with Crippen LogP contribution in [0.15, 0.2) is 52.1 Å². The molecule has 0 spiro atoms. The van der Waals surface area contributed by atoms with Gasteiger partial charge in [0.2, 0.25) is 0 Å². The Morgan fingerprint density at radius 2 is 1.78 bits per heavy atom. The van der Waals surface area contributed by atoms with Gasteiger partial charge in [-0.15, -0.1) is 11.3 Å². The molecule has 96 valence electrons. The molecule has 5 heteroatoms. The second kappa shape index (κ2) is 5.22. The predicted octanol–water partition coefficient (Wildman–Crippen LogP) is 3.13. The first kappa shape index (κ1) is 13.3. The molecule has 0 bridgehead atoms. The van der Waals surface area contributed by atoms with Crippen LogP contribution in [0.5, 0.6) is 0 Å². The molecule has 0 aliphatic rings. The molecule has 2 rings (SSSR count). The molecule has 0 fully saturated rings. The first-order valence-electron chi connectivity index (χ1n) is 5.60. The van der Waals surface area contributed by atoms with Crippen LogP contribution in [0.1, 0.15) is 18.5 Å². The Kier molecular flexibility index (Phi) is 3.85. The van der Waals surface area contributed by atoms with E-state index in [2.05, 4.69) is 0 Å². The lowest BCUT2D eigenvalue weighted by Gasteiger charge is -2.23. The predicted molar refractivity (Wildman–Crippen MR) is 74.1 cm³/mol. The van der Waals surface area contributed by atoms with Crippen LogP contribution in [0, 0.1) is 0 Å². The van der Waals surface area contributed by atoms with Gasteiger partial charge in [-0.25, -0.2) is 8.42 Å². The Morgan fingerprint density at radius 1 is 1.11 bits per heavy atom. The number of nitrogens with zero attached hydrogens (tertiary/aromatic N) is 1. The molecule has 0 N–H and O–H groups in total. The highest BCUT2D eigenvalue weighted by molar-refractivity contribution is 7.91. The molecule has 0 saturated carbocycles. The average molecular weight is 281 g/mol. The van der Waals surface area contributed by atoms with Crippen molar-refractivity contribution in [3.05, 3.63) is 53.4 Å². The van der Waals surface area contributed by atoms with Gasteiger partial charge in [-0.2, -0.15) is 4.31 Å². The molecule has 1 aromatic heterocycles. The molecule has 0 saturated heterocycles. The monoisotopic (exact) mass is 281 g/mol. The van der Waals surface area contributed by atoms with E-state index in [1.165, 1.54) is 15.6 Å². The standard InChI is InChI=1S/C13H15NO2S2/c1-11(12-7-4-3-5-8-12)14(2)18(15,16)13-9-6-10-17-13/h3-11H,1-2H3/t11-/m0/s1. The summed E-state index contributed by atoms with van der Waals surface area (Å²) >= 11 is 1.24. The Labute approximate surface area is 112 Å². The zero-order valence-corrected chi connectivity index (χ0v) is 11.9. The largest absolute Gasteiger partial charge is 0.252 e. The minimum atomic E-state index is -3.39. The smallest absolute Gasteiger partial charge is 0.206 e. The second-order valence-corrected chi connectivity index (χ2v) is 7.21. The van der Waals surface area contributed by atoms with Crippen molar-refractivity contribution in [3.63, 3.8) is 0 Å². The Hall–Kier alpha value is -1.17. The zero-order valence-electron chi connectivity index (χ0n) is 10.3. The first-order chi connectivity index (χ1) is 8.53. The summed E-state index contributed by atoms with van der Waals surface area (Å²) in [4.78, 5) is 0. The molecule has 1 atom stereocenters. The van der Waals surface area contributed by atoms with Gasteiger partial charge in [-0.1, -0.05) is 36.4 Å². The van der Waals surface area contributed by atoms with E-state index in [1.54, 1.807) is 24.6 Å². The summed E-state index contributed by atoms with van der Waals surface area (Å²) in [5.41, 5.74) is 0.986. The molecule has 18 heavy (non-hydrogen) atoms. The van der Waals surface area contributed by atoms with E-state index in [1.807, 2.05) is 37.3 Å². The molecule has 0 aliphatic heterocycles. The van der Waals surface area contributed by atoms with Crippen molar-refractivity contribution in [3.8, 4) is 0 Å².